The van der Waals surface area contributed by atoms with Gasteiger partial charge in [-0.25, -0.2) is 0 Å². The first-order chi connectivity index (χ1) is 15.4. The van der Waals surface area contributed by atoms with Crippen LogP contribution in [0.25, 0.3) is 0 Å². The standard InChI is InChI=1S/C23H32N2O6S/c1-4-24(5-2)19-12-11-18(22(15-19)31-32(27,28)6-3)16-25(17-20-9-7-13-29-20)23(26)21-10-8-14-30-21/h8,10-12,14-15,20H,4-7,9,13,16-17H2,1-3H3. The zero-order valence-corrected chi connectivity index (χ0v) is 19.8. The van der Waals surface area contributed by atoms with E-state index in [2.05, 4.69) is 4.90 Å². The second kappa shape index (κ2) is 10.9. The van der Waals surface area contributed by atoms with Crippen molar-refractivity contribution in [2.75, 3.05) is 36.9 Å². The van der Waals surface area contributed by atoms with Crippen molar-refractivity contribution in [3.05, 3.63) is 47.9 Å². The minimum atomic E-state index is -3.74. The number of amides is 1. The van der Waals surface area contributed by atoms with Gasteiger partial charge in [0.1, 0.15) is 5.75 Å². The van der Waals surface area contributed by atoms with Gasteiger partial charge < -0.3 is 23.1 Å². The van der Waals surface area contributed by atoms with E-state index in [1.54, 1.807) is 23.1 Å². The molecule has 1 atom stereocenters. The van der Waals surface area contributed by atoms with E-state index in [0.29, 0.717) is 18.7 Å². The highest BCUT2D eigenvalue weighted by Crippen LogP contribution is 2.29. The molecule has 3 rings (SSSR count). The van der Waals surface area contributed by atoms with E-state index in [0.717, 1.165) is 31.6 Å². The van der Waals surface area contributed by atoms with Gasteiger partial charge >= 0.3 is 10.1 Å². The molecule has 0 spiro atoms. The Labute approximate surface area is 190 Å². The van der Waals surface area contributed by atoms with E-state index >= 15 is 0 Å². The lowest BCUT2D eigenvalue weighted by atomic mass is 10.1. The number of ether oxygens (including phenoxy) is 1. The number of furan rings is 1. The van der Waals surface area contributed by atoms with E-state index in [4.69, 9.17) is 13.3 Å². The summed E-state index contributed by atoms with van der Waals surface area (Å²) in [7, 11) is -3.74. The first-order valence-corrected chi connectivity index (χ1v) is 12.7. The van der Waals surface area contributed by atoms with Crippen LogP contribution in [0.2, 0.25) is 0 Å². The molecule has 1 aliphatic rings. The quantitative estimate of drug-likeness (QED) is 0.469. The SMILES string of the molecule is CCN(CC)c1ccc(CN(CC2CCCO2)C(=O)c2ccco2)c(OS(=O)(=O)CC)c1. The summed E-state index contributed by atoms with van der Waals surface area (Å²) >= 11 is 0. The Morgan fingerprint density at radius 3 is 2.56 bits per heavy atom. The van der Waals surface area contributed by atoms with Gasteiger partial charge in [-0.1, -0.05) is 6.07 Å². The minimum Gasteiger partial charge on any atom is -0.459 e. The van der Waals surface area contributed by atoms with Gasteiger partial charge in [0, 0.05) is 50.1 Å². The second-order valence-corrected chi connectivity index (χ2v) is 9.55. The lowest BCUT2D eigenvalue weighted by molar-refractivity contribution is 0.0483. The molecule has 1 aromatic heterocycles. The molecule has 32 heavy (non-hydrogen) atoms. The average Bonchev–Trinajstić information content (AvgIpc) is 3.49. The first kappa shape index (κ1) is 24.1. The van der Waals surface area contributed by atoms with E-state index in [-0.39, 0.29) is 35.8 Å². The van der Waals surface area contributed by atoms with Crippen molar-refractivity contribution in [1.82, 2.24) is 4.90 Å². The van der Waals surface area contributed by atoms with Crippen molar-refractivity contribution in [1.29, 1.82) is 0 Å². The highest BCUT2D eigenvalue weighted by Gasteiger charge is 2.27. The van der Waals surface area contributed by atoms with Crippen molar-refractivity contribution in [3.63, 3.8) is 0 Å². The zero-order chi connectivity index (χ0) is 23.1. The molecule has 2 heterocycles. The molecule has 1 saturated heterocycles. The largest absolute Gasteiger partial charge is 0.459 e. The van der Waals surface area contributed by atoms with Gasteiger partial charge in [-0.05, 0) is 51.8 Å². The zero-order valence-electron chi connectivity index (χ0n) is 19.0. The van der Waals surface area contributed by atoms with Crippen LogP contribution in [0.15, 0.2) is 41.0 Å². The van der Waals surface area contributed by atoms with Crippen molar-refractivity contribution in [3.8, 4) is 5.75 Å². The van der Waals surface area contributed by atoms with Crippen molar-refractivity contribution in [2.45, 2.75) is 46.3 Å². The number of carbonyl (C=O) groups is 1. The Kier molecular flexibility index (Phi) is 8.20. The molecule has 8 nitrogen and oxygen atoms in total. The van der Waals surface area contributed by atoms with Crippen LogP contribution in [0.4, 0.5) is 5.69 Å². The fourth-order valence-corrected chi connectivity index (χ4v) is 4.29. The Balaban J connectivity index is 1.94. The monoisotopic (exact) mass is 464 g/mol. The Hall–Kier alpha value is -2.52. The molecular weight excluding hydrogens is 432 g/mol. The number of benzene rings is 1. The van der Waals surface area contributed by atoms with Gasteiger partial charge in [0.25, 0.3) is 5.91 Å². The predicted molar refractivity (Wildman–Crippen MR) is 123 cm³/mol. The predicted octanol–water partition coefficient (Wildman–Crippen LogP) is 3.68. The summed E-state index contributed by atoms with van der Waals surface area (Å²) in [6.07, 6.45) is 3.22. The molecule has 1 aromatic carbocycles. The van der Waals surface area contributed by atoms with Crippen molar-refractivity contribution < 1.29 is 26.5 Å². The Bertz CT molecular complexity index is 980. The third-order valence-corrected chi connectivity index (χ3v) is 6.72. The normalized spacial score (nSPS) is 16.2. The molecule has 9 heteroatoms. The highest BCUT2D eigenvalue weighted by molar-refractivity contribution is 7.87. The number of carbonyl (C=O) groups excluding carboxylic acids is 1. The topological polar surface area (TPSA) is 89.3 Å². The molecular formula is C23H32N2O6S. The number of nitrogens with zero attached hydrogens (tertiary/aromatic N) is 2. The maximum Gasteiger partial charge on any atom is 0.308 e. The van der Waals surface area contributed by atoms with Crippen molar-refractivity contribution >= 4 is 21.7 Å². The smallest absolute Gasteiger partial charge is 0.308 e. The number of hydrogen-bond acceptors (Lipinski definition) is 7. The molecule has 0 bridgehead atoms. The van der Waals surface area contributed by atoms with Crippen LogP contribution in [0.1, 0.15) is 49.7 Å². The molecule has 176 valence electrons. The van der Waals surface area contributed by atoms with Crippen molar-refractivity contribution in [2.24, 2.45) is 0 Å². The summed E-state index contributed by atoms with van der Waals surface area (Å²) in [4.78, 5) is 16.9. The van der Waals surface area contributed by atoms with Gasteiger partial charge in [-0.2, -0.15) is 8.42 Å². The number of rotatable bonds is 11. The van der Waals surface area contributed by atoms with Gasteiger partial charge in [0.05, 0.1) is 18.1 Å². The minimum absolute atomic E-state index is 0.0624. The van der Waals surface area contributed by atoms with Crippen LogP contribution in [-0.4, -0.2) is 57.3 Å². The molecule has 2 aromatic rings. The molecule has 1 fully saturated rings. The summed E-state index contributed by atoms with van der Waals surface area (Å²) in [5, 5.41) is 0. The van der Waals surface area contributed by atoms with Gasteiger partial charge in [0.2, 0.25) is 0 Å². The summed E-state index contributed by atoms with van der Waals surface area (Å²) in [6.45, 7) is 8.39. The Morgan fingerprint density at radius 1 is 1.19 bits per heavy atom. The summed E-state index contributed by atoms with van der Waals surface area (Å²) in [5.74, 6) is 0.0437. The molecule has 1 aliphatic heterocycles. The van der Waals surface area contributed by atoms with Crippen LogP contribution in [0.3, 0.4) is 0 Å². The van der Waals surface area contributed by atoms with Gasteiger partial charge in [-0.3, -0.25) is 4.79 Å². The maximum absolute atomic E-state index is 13.1. The number of hydrogen-bond donors (Lipinski definition) is 0. The molecule has 0 saturated carbocycles. The molecule has 0 aliphatic carbocycles. The summed E-state index contributed by atoms with van der Waals surface area (Å²) in [5.41, 5.74) is 1.47. The lowest BCUT2D eigenvalue weighted by Gasteiger charge is -2.27. The molecule has 1 amide bonds. The van der Waals surface area contributed by atoms with E-state index in [1.165, 1.54) is 13.2 Å². The van der Waals surface area contributed by atoms with Gasteiger partial charge in [0.15, 0.2) is 5.76 Å². The lowest BCUT2D eigenvalue weighted by Crippen LogP contribution is -2.37. The van der Waals surface area contributed by atoms with Crippen LogP contribution < -0.4 is 9.08 Å². The third-order valence-electron chi connectivity index (χ3n) is 5.58. The van der Waals surface area contributed by atoms with Gasteiger partial charge in [-0.15, -0.1) is 0 Å². The Morgan fingerprint density at radius 2 is 1.97 bits per heavy atom. The van der Waals surface area contributed by atoms with Crippen LogP contribution in [0.5, 0.6) is 5.75 Å². The van der Waals surface area contributed by atoms with E-state index in [1.807, 2.05) is 26.0 Å². The van der Waals surface area contributed by atoms with E-state index in [9.17, 15) is 13.2 Å². The maximum atomic E-state index is 13.1. The van der Waals surface area contributed by atoms with E-state index < -0.39 is 10.1 Å². The fourth-order valence-electron chi connectivity index (χ4n) is 3.75. The highest BCUT2D eigenvalue weighted by atomic mass is 32.2. The van der Waals surface area contributed by atoms with Crippen LogP contribution >= 0.6 is 0 Å². The average molecular weight is 465 g/mol. The molecule has 0 N–H and O–H groups in total. The fraction of sp³-hybridized carbons (Fsp3) is 0.522. The second-order valence-electron chi connectivity index (χ2n) is 7.69. The first-order valence-electron chi connectivity index (χ1n) is 11.1. The molecule has 0 radical (unpaired) electrons. The summed E-state index contributed by atoms with van der Waals surface area (Å²) in [6, 6.07) is 8.77. The molecule has 1 unspecified atom stereocenters. The summed E-state index contributed by atoms with van der Waals surface area (Å²) < 4.78 is 41.1. The number of anilines is 1. The van der Waals surface area contributed by atoms with Crippen LogP contribution in [0, 0.1) is 0 Å². The third kappa shape index (κ3) is 6.04. The van der Waals surface area contributed by atoms with Crippen LogP contribution in [-0.2, 0) is 21.4 Å².